The molecule has 0 aromatic carbocycles. The van der Waals surface area contributed by atoms with Crippen LogP contribution in [0.15, 0.2) is 18.5 Å². The molecule has 1 amide bonds. The molecule has 20 heavy (non-hydrogen) atoms. The minimum Gasteiger partial charge on any atom is -0.384 e. The van der Waals surface area contributed by atoms with Crippen molar-refractivity contribution in [1.82, 2.24) is 9.88 Å². The monoisotopic (exact) mass is 274 g/mol. The van der Waals surface area contributed by atoms with Gasteiger partial charge in [-0.25, -0.2) is 0 Å². The number of aliphatic hydroxyl groups is 1. The zero-order chi connectivity index (χ0) is 14.5. The van der Waals surface area contributed by atoms with Crippen molar-refractivity contribution in [3.63, 3.8) is 0 Å². The van der Waals surface area contributed by atoms with E-state index in [9.17, 15) is 4.79 Å². The van der Waals surface area contributed by atoms with Crippen LogP contribution in [-0.2, 0) is 4.74 Å². The molecular formula is C15H18N2O3. The average Bonchev–Trinajstić information content (AvgIpc) is 2.90. The molecule has 0 radical (unpaired) electrons. The highest BCUT2D eigenvalue weighted by molar-refractivity contribution is 5.94. The molecule has 1 saturated heterocycles. The third-order valence-corrected chi connectivity index (χ3v) is 3.45. The van der Waals surface area contributed by atoms with Gasteiger partial charge < -0.3 is 14.7 Å². The number of ether oxygens (including phenoxy) is 1. The number of rotatable bonds is 2. The molecule has 0 aliphatic carbocycles. The van der Waals surface area contributed by atoms with Gasteiger partial charge in [0, 0.05) is 31.6 Å². The summed E-state index contributed by atoms with van der Waals surface area (Å²) in [6.07, 6.45) is 4.00. The van der Waals surface area contributed by atoms with E-state index in [0.717, 1.165) is 6.42 Å². The van der Waals surface area contributed by atoms with E-state index < -0.39 is 0 Å². The number of hydrogen-bond donors (Lipinski definition) is 1. The number of hydrogen-bond acceptors (Lipinski definition) is 4. The zero-order valence-corrected chi connectivity index (χ0v) is 11.7. The first kappa shape index (κ1) is 14.5. The van der Waals surface area contributed by atoms with Gasteiger partial charge in [-0.3, -0.25) is 9.78 Å². The maximum Gasteiger partial charge on any atom is 0.255 e. The van der Waals surface area contributed by atoms with Gasteiger partial charge in [0.25, 0.3) is 5.91 Å². The van der Waals surface area contributed by atoms with Crippen LogP contribution in [-0.4, -0.2) is 53.3 Å². The van der Waals surface area contributed by atoms with Crippen LogP contribution in [0, 0.1) is 11.8 Å². The number of amides is 1. The van der Waals surface area contributed by atoms with Crippen molar-refractivity contribution in [3.8, 4) is 11.8 Å². The number of carbonyl (C=O) groups excluding carboxylic acids is 1. The Labute approximate surface area is 118 Å². The van der Waals surface area contributed by atoms with Gasteiger partial charge >= 0.3 is 0 Å². The lowest BCUT2D eigenvalue weighted by atomic mass is 10.1. The SMILES string of the molecule is CC1OCCC1N(C)C(=O)c1cncc(C#CCO)c1. The fraction of sp³-hybridized carbons (Fsp3) is 0.467. The molecule has 1 aliphatic heterocycles. The van der Waals surface area contributed by atoms with Gasteiger partial charge in [-0.05, 0) is 19.4 Å². The third-order valence-electron chi connectivity index (χ3n) is 3.45. The van der Waals surface area contributed by atoms with Crippen LogP contribution >= 0.6 is 0 Å². The topological polar surface area (TPSA) is 62.7 Å². The Morgan fingerprint density at radius 3 is 3.05 bits per heavy atom. The van der Waals surface area contributed by atoms with Crippen molar-refractivity contribution in [2.75, 3.05) is 20.3 Å². The molecule has 0 spiro atoms. The summed E-state index contributed by atoms with van der Waals surface area (Å²) in [5.41, 5.74) is 1.12. The van der Waals surface area contributed by atoms with Crippen molar-refractivity contribution in [3.05, 3.63) is 29.6 Å². The van der Waals surface area contributed by atoms with Crippen LogP contribution in [0.4, 0.5) is 0 Å². The van der Waals surface area contributed by atoms with Crippen molar-refractivity contribution >= 4 is 5.91 Å². The standard InChI is InChI=1S/C15H18N2O3/c1-11-14(5-7-20-11)17(2)15(19)13-8-12(4-3-6-18)9-16-10-13/h8-11,14,18H,5-7H2,1-2H3. The van der Waals surface area contributed by atoms with Crippen LogP contribution in [0.3, 0.4) is 0 Å². The number of pyridine rings is 1. The fourth-order valence-electron chi connectivity index (χ4n) is 2.35. The van der Waals surface area contributed by atoms with E-state index in [-0.39, 0.29) is 24.7 Å². The molecule has 1 N–H and O–H groups in total. The molecule has 1 aromatic rings. The van der Waals surface area contributed by atoms with Crippen LogP contribution in [0.2, 0.25) is 0 Å². The van der Waals surface area contributed by atoms with E-state index >= 15 is 0 Å². The predicted molar refractivity (Wildman–Crippen MR) is 74.1 cm³/mol. The Bertz CT molecular complexity index is 548. The highest BCUT2D eigenvalue weighted by Gasteiger charge is 2.31. The number of aromatic nitrogens is 1. The molecule has 5 nitrogen and oxygen atoms in total. The number of nitrogens with zero attached hydrogens (tertiary/aromatic N) is 2. The Kier molecular flexibility index (Phi) is 4.72. The molecule has 1 fully saturated rings. The molecule has 2 atom stereocenters. The molecule has 2 rings (SSSR count). The van der Waals surface area contributed by atoms with Crippen LogP contribution in [0.5, 0.6) is 0 Å². The third kappa shape index (κ3) is 3.16. The Balaban J connectivity index is 2.16. The van der Waals surface area contributed by atoms with E-state index in [2.05, 4.69) is 16.8 Å². The second-order valence-corrected chi connectivity index (χ2v) is 4.77. The Morgan fingerprint density at radius 2 is 2.40 bits per heavy atom. The van der Waals surface area contributed by atoms with Gasteiger partial charge in [0.1, 0.15) is 6.61 Å². The minimum absolute atomic E-state index is 0.0503. The second-order valence-electron chi connectivity index (χ2n) is 4.77. The maximum atomic E-state index is 12.4. The lowest BCUT2D eigenvalue weighted by Gasteiger charge is -2.26. The van der Waals surface area contributed by atoms with E-state index in [4.69, 9.17) is 9.84 Å². The van der Waals surface area contributed by atoms with Crippen LogP contribution in [0.25, 0.3) is 0 Å². The van der Waals surface area contributed by atoms with Crippen molar-refractivity contribution in [1.29, 1.82) is 0 Å². The Morgan fingerprint density at radius 1 is 1.60 bits per heavy atom. The highest BCUT2D eigenvalue weighted by atomic mass is 16.5. The summed E-state index contributed by atoms with van der Waals surface area (Å²) in [5.74, 6) is 5.20. The summed E-state index contributed by atoms with van der Waals surface area (Å²) < 4.78 is 5.49. The summed E-state index contributed by atoms with van der Waals surface area (Å²) in [7, 11) is 1.78. The van der Waals surface area contributed by atoms with Gasteiger partial charge in [0.05, 0.1) is 17.7 Å². The summed E-state index contributed by atoms with van der Waals surface area (Å²) in [6.45, 7) is 2.45. The number of carbonyl (C=O) groups is 1. The van der Waals surface area contributed by atoms with Gasteiger partial charge in [-0.15, -0.1) is 0 Å². The van der Waals surface area contributed by atoms with Gasteiger partial charge in [0.2, 0.25) is 0 Å². The zero-order valence-electron chi connectivity index (χ0n) is 11.7. The molecular weight excluding hydrogens is 256 g/mol. The maximum absolute atomic E-state index is 12.4. The molecule has 0 saturated carbocycles. The minimum atomic E-state index is -0.213. The summed E-state index contributed by atoms with van der Waals surface area (Å²) >= 11 is 0. The van der Waals surface area contributed by atoms with Crippen LogP contribution < -0.4 is 0 Å². The second kappa shape index (κ2) is 6.51. The lowest BCUT2D eigenvalue weighted by Crippen LogP contribution is -2.41. The molecule has 1 aliphatic rings. The molecule has 106 valence electrons. The first-order chi connectivity index (χ1) is 9.63. The van der Waals surface area contributed by atoms with E-state index in [1.165, 1.54) is 6.20 Å². The summed E-state index contributed by atoms with van der Waals surface area (Å²) in [6, 6.07) is 1.78. The van der Waals surface area contributed by atoms with Gasteiger partial charge in [-0.1, -0.05) is 11.8 Å². The normalized spacial score (nSPS) is 21.1. The molecule has 2 heterocycles. The summed E-state index contributed by atoms with van der Waals surface area (Å²) in [5, 5.41) is 8.68. The molecule has 2 unspecified atom stereocenters. The first-order valence-electron chi connectivity index (χ1n) is 6.57. The Hall–Kier alpha value is -1.90. The van der Waals surface area contributed by atoms with Crippen molar-refractivity contribution in [2.24, 2.45) is 0 Å². The lowest BCUT2D eigenvalue weighted by molar-refractivity contribution is 0.0574. The smallest absolute Gasteiger partial charge is 0.255 e. The quantitative estimate of drug-likeness (QED) is 0.805. The van der Waals surface area contributed by atoms with Gasteiger partial charge in [-0.2, -0.15) is 0 Å². The van der Waals surface area contributed by atoms with Gasteiger partial charge in [0.15, 0.2) is 0 Å². The predicted octanol–water partition coefficient (Wildman–Crippen LogP) is 0.675. The largest absolute Gasteiger partial charge is 0.384 e. The van der Waals surface area contributed by atoms with E-state index in [0.29, 0.717) is 17.7 Å². The molecule has 0 bridgehead atoms. The molecule has 5 heteroatoms. The number of likely N-dealkylation sites (N-methyl/N-ethyl adjacent to an activating group) is 1. The van der Waals surface area contributed by atoms with Crippen molar-refractivity contribution in [2.45, 2.75) is 25.5 Å². The van der Waals surface area contributed by atoms with E-state index in [1.807, 2.05) is 6.92 Å². The highest BCUT2D eigenvalue weighted by Crippen LogP contribution is 2.20. The fourth-order valence-corrected chi connectivity index (χ4v) is 2.35. The first-order valence-corrected chi connectivity index (χ1v) is 6.57. The van der Waals surface area contributed by atoms with Crippen molar-refractivity contribution < 1.29 is 14.6 Å². The summed E-state index contributed by atoms with van der Waals surface area (Å²) in [4.78, 5) is 18.2. The average molecular weight is 274 g/mol. The molecule has 1 aromatic heterocycles. The number of aliphatic hydroxyl groups excluding tert-OH is 1. The van der Waals surface area contributed by atoms with E-state index in [1.54, 1.807) is 24.2 Å². The van der Waals surface area contributed by atoms with Crippen LogP contribution in [0.1, 0.15) is 29.3 Å².